The lowest BCUT2D eigenvalue weighted by molar-refractivity contribution is 0.0725. The van der Waals surface area contributed by atoms with Crippen LogP contribution in [0.4, 0.5) is 4.39 Å². The van der Waals surface area contributed by atoms with Crippen molar-refractivity contribution in [1.29, 1.82) is 0 Å². The van der Waals surface area contributed by atoms with Gasteiger partial charge in [-0.3, -0.25) is 4.79 Å². The third-order valence-corrected chi connectivity index (χ3v) is 3.93. The van der Waals surface area contributed by atoms with Gasteiger partial charge in [0.1, 0.15) is 12.1 Å². The zero-order valence-corrected chi connectivity index (χ0v) is 12.6. The first kappa shape index (κ1) is 14.4. The van der Waals surface area contributed by atoms with Crippen molar-refractivity contribution in [2.45, 2.75) is 13.0 Å². The summed E-state index contributed by atoms with van der Waals surface area (Å²) in [4.78, 5) is 23.8. The summed E-state index contributed by atoms with van der Waals surface area (Å²) >= 11 is 0. The second-order valence-corrected chi connectivity index (χ2v) is 5.47. The normalized spacial score (nSPS) is 13.6. The first-order valence-electron chi connectivity index (χ1n) is 7.46. The number of rotatable bonds is 2. The Morgan fingerprint density at radius 2 is 2.00 bits per heavy atom. The number of carbonyl (C=O) groups is 1. The Morgan fingerprint density at radius 1 is 1.17 bits per heavy atom. The van der Waals surface area contributed by atoms with Crippen molar-refractivity contribution < 1.29 is 9.18 Å². The molecule has 24 heavy (non-hydrogen) atoms. The van der Waals surface area contributed by atoms with Crippen molar-refractivity contribution >= 4 is 5.91 Å². The summed E-state index contributed by atoms with van der Waals surface area (Å²) in [5, 5.41) is 8.29. The molecule has 1 aliphatic rings. The highest BCUT2D eigenvalue weighted by Gasteiger charge is 2.24. The molecule has 3 heterocycles. The minimum atomic E-state index is -0.337. The Balaban J connectivity index is 1.55. The molecule has 8 heteroatoms. The predicted molar refractivity (Wildman–Crippen MR) is 81.8 cm³/mol. The molecule has 2 aromatic heterocycles. The van der Waals surface area contributed by atoms with E-state index in [2.05, 4.69) is 20.2 Å². The Morgan fingerprint density at radius 3 is 2.83 bits per heavy atom. The largest absolute Gasteiger partial charge is 0.331 e. The highest BCUT2D eigenvalue weighted by atomic mass is 19.1. The predicted octanol–water partition coefficient (Wildman–Crippen LogP) is 1.39. The molecule has 0 N–H and O–H groups in total. The Bertz CT molecular complexity index is 892. The van der Waals surface area contributed by atoms with E-state index in [0.717, 1.165) is 11.3 Å². The molecular weight excluding hydrogens is 311 g/mol. The zero-order chi connectivity index (χ0) is 16.5. The van der Waals surface area contributed by atoms with Crippen molar-refractivity contribution in [3.05, 3.63) is 65.8 Å². The summed E-state index contributed by atoms with van der Waals surface area (Å²) in [6, 6.07) is 5.75. The molecule has 0 fully saturated rings. The van der Waals surface area contributed by atoms with Gasteiger partial charge in [0.25, 0.3) is 5.91 Å². The average molecular weight is 324 g/mol. The number of hydrogen-bond donors (Lipinski definition) is 0. The molecule has 7 nitrogen and oxygen atoms in total. The van der Waals surface area contributed by atoms with Crippen LogP contribution in [0.25, 0.3) is 5.69 Å². The average Bonchev–Trinajstić information content (AvgIpc) is 3.11. The van der Waals surface area contributed by atoms with Crippen molar-refractivity contribution in [3.63, 3.8) is 0 Å². The van der Waals surface area contributed by atoms with Crippen molar-refractivity contribution in [2.75, 3.05) is 6.54 Å². The topological polar surface area (TPSA) is 76.8 Å². The molecule has 1 aromatic carbocycles. The van der Waals surface area contributed by atoms with Gasteiger partial charge < -0.3 is 4.90 Å². The number of fused-ring (bicyclic) bond motifs is 1. The van der Waals surface area contributed by atoms with Gasteiger partial charge in [0.15, 0.2) is 5.69 Å². The highest BCUT2D eigenvalue weighted by molar-refractivity contribution is 5.92. The van der Waals surface area contributed by atoms with Gasteiger partial charge in [0.05, 0.1) is 24.1 Å². The van der Waals surface area contributed by atoms with E-state index >= 15 is 0 Å². The molecule has 0 saturated heterocycles. The third-order valence-electron chi connectivity index (χ3n) is 3.93. The van der Waals surface area contributed by atoms with Crippen LogP contribution in [0.5, 0.6) is 0 Å². The maximum absolute atomic E-state index is 13.0. The van der Waals surface area contributed by atoms with Crippen molar-refractivity contribution in [3.8, 4) is 5.69 Å². The maximum Gasteiger partial charge on any atom is 0.276 e. The first-order chi connectivity index (χ1) is 11.7. The van der Waals surface area contributed by atoms with Crippen LogP contribution < -0.4 is 0 Å². The fraction of sp³-hybridized carbons (Fsp3) is 0.188. The van der Waals surface area contributed by atoms with Crippen LogP contribution in [0.3, 0.4) is 0 Å². The summed E-state index contributed by atoms with van der Waals surface area (Å²) in [7, 11) is 0. The van der Waals surface area contributed by atoms with Crippen LogP contribution in [-0.4, -0.2) is 42.3 Å². The van der Waals surface area contributed by atoms with Crippen LogP contribution in [0, 0.1) is 5.82 Å². The molecule has 0 spiro atoms. The van der Waals surface area contributed by atoms with Crippen LogP contribution >= 0.6 is 0 Å². The summed E-state index contributed by atoms with van der Waals surface area (Å²) < 4.78 is 13.0. The Kier molecular flexibility index (Phi) is 3.49. The maximum atomic E-state index is 13.0. The number of hydrogen-bond acceptors (Lipinski definition) is 5. The zero-order valence-electron chi connectivity index (χ0n) is 12.6. The van der Waals surface area contributed by atoms with Gasteiger partial charge in [0.2, 0.25) is 0 Å². The standard InChI is InChI=1S/C16H13FN6O/c17-12-1-3-13(4-2-12)23-20-8-14(21-23)16(24)22-6-5-11-7-18-10-19-15(11)9-22/h1-4,7-8,10H,5-6,9H2. The van der Waals surface area contributed by atoms with Gasteiger partial charge >= 0.3 is 0 Å². The van der Waals surface area contributed by atoms with E-state index < -0.39 is 0 Å². The SMILES string of the molecule is O=C(c1cnn(-c2ccc(F)cc2)n1)N1CCc2cncnc2C1. The first-order valence-corrected chi connectivity index (χ1v) is 7.46. The monoisotopic (exact) mass is 324 g/mol. The number of carbonyl (C=O) groups excluding carboxylic acids is 1. The van der Waals surface area contributed by atoms with Gasteiger partial charge in [-0.15, -0.1) is 5.10 Å². The fourth-order valence-electron chi connectivity index (χ4n) is 2.65. The molecule has 1 amide bonds. The molecule has 0 bridgehead atoms. The number of amides is 1. The van der Waals surface area contributed by atoms with Gasteiger partial charge in [-0.05, 0) is 36.2 Å². The fourth-order valence-corrected chi connectivity index (χ4v) is 2.65. The van der Waals surface area contributed by atoms with E-state index in [-0.39, 0.29) is 17.4 Å². The minimum Gasteiger partial charge on any atom is -0.331 e. The number of halogens is 1. The number of benzene rings is 1. The molecule has 0 radical (unpaired) electrons. The van der Waals surface area contributed by atoms with Crippen LogP contribution in [-0.2, 0) is 13.0 Å². The minimum absolute atomic E-state index is 0.201. The van der Waals surface area contributed by atoms with Gasteiger partial charge in [-0.1, -0.05) is 0 Å². The highest BCUT2D eigenvalue weighted by Crippen LogP contribution is 2.17. The lowest BCUT2D eigenvalue weighted by Crippen LogP contribution is -2.36. The molecule has 0 unspecified atom stereocenters. The van der Waals surface area contributed by atoms with E-state index in [1.807, 2.05) is 0 Å². The third kappa shape index (κ3) is 2.62. The quantitative estimate of drug-likeness (QED) is 0.712. The molecule has 0 aliphatic carbocycles. The lowest BCUT2D eigenvalue weighted by atomic mass is 10.1. The second-order valence-electron chi connectivity index (χ2n) is 5.47. The molecule has 0 saturated carbocycles. The van der Waals surface area contributed by atoms with Gasteiger partial charge in [-0.25, -0.2) is 14.4 Å². The molecule has 1 aliphatic heterocycles. The molecular formula is C16H13FN6O. The van der Waals surface area contributed by atoms with E-state index in [9.17, 15) is 9.18 Å². The van der Waals surface area contributed by atoms with E-state index in [0.29, 0.717) is 25.2 Å². The van der Waals surface area contributed by atoms with E-state index in [4.69, 9.17) is 0 Å². The molecule has 4 rings (SSSR count). The molecule has 0 atom stereocenters. The van der Waals surface area contributed by atoms with Crippen LogP contribution in [0.15, 0.2) is 43.0 Å². The van der Waals surface area contributed by atoms with Crippen molar-refractivity contribution in [2.24, 2.45) is 0 Å². The Labute approximate surface area is 136 Å². The lowest BCUT2D eigenvalue weighted by Gasteiger charge is -2.26. The van der Waals surface area contributed by atoms with Gasteiger partial charge in [0, 0.05) is 12.7 Å². The van der Waals surface area contributed by atoms with Crippen LogP contribution in [0.1, 0.15) is 21.7 Å². The van der Waals surface area contributed by atoms with E-state index in [1.54, 1.807) is 23.2 Å². The van der Waals surface area contributed by atoms with Crippen LogP contribution in [0.2, 0.25) is 0 Å². The second kappa shape index (κ2) is 5.80. The van der Waals surface area contributed by atoms with E-state index in [1.165, 1.54) is 29.5 Å². The Hall–Kier alpha value is -3.16. The van der Waals surface area contributed by atoms with Gasteiger partial charge in [-0.2, -0.15) is 9.90 Å². The molecule has 120 valence electrons. The van der Waals surface area contributed by atoms with Crippen molar-refractivity contribution in [1.82, 2.24) is 29.9 Å². The summed E-state index contributed by atoms with van der Waals surface area (Å²) in [5.74, 6) is -0.538. The summed E-state index contributed by atoms with van der Waals surface area (Å²) in [6.07, 6.45) is 5.40. The summed E-state index contributed by atoms with van der Waals surface area (Å²) in [6.45, 7) is 1.02. The number of nitrogens with zero attached hydrogens (tertiary/aromatic N) is 6. The summed E-state index contributed by atoms with van der Waals surface area (Å²) in [5.41, 5.74) is 2.76. The number of aromatic nitrogens is 5. The molecule has 3 aromatic rings. The smallest absolute Gasteiger partial charge is 0.276 e.